The van der Waals surface area contributed by atoms with Gasteiger partial charge in [0.05, 0.1) is 13.7 Å². The summed E-state index contributed by atoms with van der Waals surface area (Å²) in [6, 6.07) is 18.3. The monoisotopic (exact) mass is 432 g/mol. The van der Waals surface area contributed by atoms with Gasteiger partial charge in [-0.25, -0.2) is 4.79 Å². The number of anilines is 1. The van der Waals surface area contributed by atoms with E-state index in [2.05, 4.69) is 5.32 Å². The lowest BCUT2D eigenvalue weighted by molar-refractivity contribution is -0.112. The van der Waals surface area contributed by atoms with Gasteiger partial charge in [0.15, 0.2) is 0 Å². The van der Waals surface area contributed by atoms with Crippen molar-refractivity contribution in [3.63, 3.8) is 0 Å². The van der Waals surface area contributed by atoms with E-state index in [1.807, 2.05) is 36.4 Å². The van der Waals surface area contributed by atoms with Crippen molar-refractivity contribution in [1.29, 1.82) is 5.26 Å². The second kappa shape index (κ2) is 10.2. The first kappa shape index (κ1) is 21.8. The SMILES string of the molecule is CCOC(=O)c1c(-c2ccccc2)csc1NC(=O)C(C#N)=Cc1ccccc1OC. The van der Waals surface area contributed by atoms with Crippen LogP contribution < -0.4 is 10.1 Å². The predicted molar refractivity (Wildman–Crippen MR) is 121 cm³/mol. The molecule has 6 nitrogen and oxygen atoms in total. The highest BCUT2D eigenvalue weighted by atomic mass is 32.1. The molecule has 1 aromatic heterocycles. The molecule has 31 heavy (non-hydrogen) atoms. The van der Waals surface area contributed by atoms with E-state index in [1.165, 1.54) is 24.5 Å². The van der Waals surface area contributed by atoms with Gasteiger partial charge in [0.1, 0.15) is 28.0 Å². The zero-order chi connectivity index (χ0) is 22.2. The minimum atomic E-state index is -0.625. The van der Waals surface area contributed by atoms with E-state index in [9.17, 15) is 14.9 Å². The van der Waals surface area contributed by atoms with E-state index in [-0.39, 0.29) is 17.7 Å². The van der Waals surface area contributed by atoms with Crippen LogP contribution in [-0.4, -0.2) is 25.6 Å². The molecule has 0 radical (unpaired) electrons. The minimum Gasteiger partial charge on any atom is -0.496 e. The molecule has 0 spiro atoms. The molecule has 2 aromatic carbocycles. The van der Waals surface area contributed by atoms with Gasteiger partial charge in [0.2, 0.25) is 0 Å². The summed E-state index contributed by atoms with van der Waals surface area (Å²) < 4.78 is 10.5. The minimum absolute atomic E-state index is 0.117. The fraction of sp³-hybridized carbons (Fsp3) is 0.125. The molecule has 0 atom stereocenters. The smallest absolute Gasteiger partial charge is 0.341 e. The number of nitrogens with one attached hydrogen (secondary N) is 1. The average Bonchev–Trinajstić information content (AvgIpc) is 3.21. The van der Waals surface area contributed by atoms with Crippen molar-refractivity contribution in [3.05, 3.63) is 76.7 Å². The summed E-state index contributed by atoms with van der Waals surface area (Å²) in [6.45, 7) is 1.92. The maximum Gasteiger partial charge on any atom is 0.341 e. The molecule has 7 heteroatoms. The molecule has 3 aromatic rings. The largest absolute Gasteiger partial charge is 0.496 e. The Morgan fingerprint density at radius 1 is 1.13 bits per heavy atom. The van der Waals surface area contributed by atoms with Crippen molar-refractivity contribution < 1.29 is 19.1 Å². The lowest BCUT2D eigenvalue weighted by atomic mass is 10.0. The van der Waals surface area contributed by atoms with Crippen LogP contribution in [0.2, 0.25) is 0 Å². The van der Waals surface area contributed by atoms with E-state index < -0.39 is 11.9 Å². The Balaban J connectivity index is 1.97. The highest BCUT2D eigenvalue weighted by Crippen LogP contribution is 2.36. The molecule has 0 saturated carbocycles. The number of para-hydroxylation sites is 1. The third-order valence-electron chi connectivity index (χ3n) is 4.39. The Morgan fingerprint density at radius 3 is 2.52 bits per heavy atom. The number of carbonyl (C=O) groups is 2. The Labute approximate surface area is 184 Å². The number of methoxy groups -OCH3 is 1. The van der Waals surface area contributed by atoms with Crippen molar-refractivity contribution in [1.82, 2.24) is 0 Å². The molecule has 0 unspecified atom stereocenters. The summed E-state index contributed by atoms with van der Waals surface area (Å²) in [7, 11) is 1.52. The number of nitrogens with zero attached hydrogens (tertiary/aromatic N) is 1. The zero-order valence-electron chi connectivity index (χ0n) is 17.0. The summed E-state index contributed by atoms with van der Waals surface area (Å²) >= 11 is 1.20. The lowest BCUT2D eigenvalue weighted by Gasteiger charge is -2.09. The average molecular weight is 433 g/mol. The van der Waals surface area contributed by atoms with E-state index in [0.717, 1.165) is 5.56 Å². The maximum absolute atomic E-state index is 12.8. The van der Waals surface area contributed by atoms with Crippen molar-refractivity contribution in [2.75, 3.05) is 19.0 Å². The quantitative estimate of drug-likeness (QED) is 0.317. The third kappa shape index (κ3) is 5.00. The maximum atomic E-state index is 12.8. The Hall–Kier alpha value is -3.89. The van der Waals surface area contributed by atoms with Crippen LogP contribution in [-0.2, 0) is 9.53 Å². The van der Waals surface area contributed by atoms with Gasteiger partial charge in [-0.05, 0) is 24.6 Å². The number of hydrogen-bond donors (Lipinski definition) is 1. The number of nitriles is 1. The number of ether oxygens (including phenoxy) is 2. The first-order chi connectivity index (χ1) is 15.1. The first-order valence-corrected chi connectivity index (χ1v) is 10.4. The van der Waals surface area contributed by atoms with Crippen LogP contribution in [0, 0.1) is 11.3 Å². The number of amides is 1. The summed E-state index contributed by atoms with van der Waals surface area (Å²) in [4.78, 5) is 25.5. The summed E-state index contributed by atoms with van der Waals surface area (Å²) in [5.74, 6) is -0.622. The normalized spacial score (nSPS) is 10.8. The second-order valence-corrected chi connectivity index (χ2v) is 7.19. The van der Waals surface area contributed by atoms with Gasteiger partial charge in [0.25, 0.3) is 5.91 Å². The molecule has 156 valence electrons. The van der Waals surface area contributed by atoms with Crippen LogP contribution in [0.3, 0.4) is 0 Å². The summed E-state index contributed by atoms with van der Waals surface area (Å²) in [5.41, 5.74) is 2.23. The van der Waals surface area contributed by atoms with Crippen LogP contribution in [0.25, 0.3) is 17.2 Å². The second-order valence-electron chi connectivity index (χ2n) is 6.31. The topological polar surface area (TPSA) is 88.4 Å². The van der Waals surface area contributed by atoms with E-state index in [0.29, 0.717) is 21.9 Å². The van der Waals surface area contributed by atoms with Crippen molar-refractivity contribution >= 4 is 34.3 Å². The lowest BCUT2D eigenvalue weighted by Crippen LogP contribution is -2.16. The molecule has 0 aliphatic heterocycles. The highest BCUT2D eigenvalue weighted by Gasteiger charge is 2.23. The van der Waals surface area contributed by atoms with Gasteiger partial charge >= 0.3 is 5.97 Å². The third-order valence-corrected chi connectivity index (χ3v) is 5.28. The van der Waals surface area contributed by atoms with Gasteiger partial charge in [-0.1, -0.05) is 48.5 Å². The van der Waals surface area contributed by atoms with Crippen molar-refractivity contribution in [3.8, 4) is 22.9 Å². The van der Waals surface area contributed by atoms with Crippen LogP contribution in [0.15, 0.2) is 65.6 Å². The van der Waals surface area contributed by atoms with Crippen molar-refractivity contribution in [2.45, 2.75) is 6.92 Å². The first-order valence-electron chi connectivity index (χ1n) is 9.49. The number of carbonyl (C=O) groups excluding carboxylic acids is 2. The Bertz CT molecular complexity index is 1160. The van der Waals surface area contributed by atoms with Crippen LogP contribution in [0.5, 0.6) is 5.75 Å². The van der Waals surface area contributed by atoms with E-state index in [4.69, 9.17) is 9.47 Å². The fourth-order valence-corrected chi connectivity index (χ4v) is 3.90. The van der Waals surface area contributed by atoms with Gasteiger partial charge < -0.3 is 14.8 Å². The highest BCUT2D eigenvalue weighted by molar-refractivity contribution is 7.15. The fourth-order valence-electron chi connectivity index (χ4n) is 2.95. The van der Waals surface area contributed by atoms with E-state index in [1.54, 1.807) is 36.6 Å². The van der Waals surface area contributed by atoms with Gasteiger partial charge in [-0.3, -0.25) is 4.79 Å². The van der Waals surface area contributed by atoms with Crippen molar-refractivity contribution in [2.24, 2.45) is 0 Å². The van der Waals surface area contributed by atoms with Crippen LogP contribution >= 0.6 is 11.3 Å². The molecule has 1 amide bonds. The standard InChI is InChI=1S/C24H20N2O4S/c1-3-30-24(28)21-19(16-9-5-4-6-10-16)15-31-23(21)26-22(27)18(14-25)13-17-11-7-8-12-20(17)29-2/h4-13,15H,3H2,1-2H3,(H,26,27). The van der Waals surface area contributed by atoms with Crippen LogP contribution in [0.4, 0.5) is 5.00 Å². The number of thiophene rings is 1. The van der Waals surface area contributed by atoms with Gasteiger partial charge in [-0.2, -0.15) is 5.26 Å². The van der Waals surface area contributed by atoms with Gasteiger partial charge in [0, 0.05) is 16.5 Å². The molecular formula is C24H20N2O4S. The Kier molecular flexibility index (Phi) is 7.20. The molecule has 0 bridgehead atoms. The van der Waals surface area contributed by atoms with Gasteiger partial charge in [-0.15, -0.1) is 11.3 Å². The van der Waals surface area contributed by atoms with Crippen LogP contribution in [0.1, 0.15) is 22.8 Å². The zero-order valence-corrected chi connectivity index (χ0v) is 17.9. The number of rotatable bonds is 7. The number of benzene rings is 2. The summed E-state index contributed by atoms with van der Waals surface area (Å²) in [6.07, 6.45) is 1.45. The molecule has 1 N–H and O–H groups in total. The molecule has 0 aliphatic rings. The molecule has 1 heterocycles. The molecule has 0 fully saturated rings. The number of esters is 1. The van der Waals surface area contributed by atoms with E-state index >= 15 is 0 Å². The molecular weight excluding hydrogens is 412 g/mol. The molecule has 0 aliphatic carbocycles. The predicted octanol–water partition coefficient (Wildman–Crippen LogP) is 5.15. The Morgan fingerprint density at radius 2 is 1.84 bits per heavy atom. The summed E-state index contributed by atoms with van der Waals surface area (Å²) in [5, 5.41) is 14.3. The molecule has 3 rings (SSSR count). The molecule has 0 saturated heterocycles. The number of hydrogen-bond acceptors (Lipinski definition) is 6.